The lowest BCUT2D eigenvalue weighted by Gasteiger charge is -2.10. The van der Waals surface area contributed by atoms with Gasteiger partial charge < -0.3 is 9.84 Å². The Kier molecular flexibility index (Phi) is 4.18. The van der Waals surface area contributed by atoms with Crippen LogP contribution in [-0.4, -0.2) is 20.1 Å². The third kappa shape index (κ3) is 3.32. The minimum absolute atomic E-state index is 0.0461. The summed E-state index contributed by atoms with van der Waals surface area (Å²) >= 11 is 12.0. The molecule has 0 fully saturated rings. The topological polar surface area (TPSA) is 60.2 Å². The molecular formula is C15H11Cl2N3O2. The quantitative estimate of drug-likeness (QED) is 0.778. The number of hydrogen-bond donors (Lipinski definition) is 1. The van der Waals surface area contributed by atoms with Crippen molar-refractivity contribution < 1.29 is 9.84 Å². The minimum Gasteiger partial charge on any atom is -0.504 e. The van der Waals surface area contributed by atoms with E-state index in [0.717, 1.165) is 5.56 Å². The Hall–Kier alpha value is -2.24. The maximum absolute atomic E-state index is 9.80. The van der Waals surface area contributed by atoms with E-state index >= 15 is 0 Å². The number of ether oxygens (including phenoxy) is 1. The number of phenolic OH excluding ortho intramolecular Hbond substituents is 1. The third-order valence-corrected chi connectivity index (χ3v) is 3.48. The highest BCUT2D eigenvalue weighted by Crippen LogP contribution is 2.36. The highest BCUT2D eigenvalue weighted by Gasteiger charge is 2.09. The van der Waals surface area contributed by atoms with Crippen LogP contribution in [0.15, 0.2) is 48.8 Å². The van der Waals surface area contributed by atoms with Gasteiger partial charge in [0.1, 0.15) is 5.75 Å². The third-order valence-electron chi connectivity index (χ3n) is 2.95. The summed E-state index contributed by atoms with van der Waals surface area (Å²) in [6.45, 7) is 0.562. The molecule has 22 heavy (non-hydrogen) atoms. The minimum atomic E-state index is -0.0461. The number of nitrogens with zero attached hydrogens (tertiary/aromatic N) is 3. The summed E-state index contributed by atoms with van der Waals surface area (Å²) in [5, 5.41) is 18.3. The zero-order chi connectivity index (χ0) is 15.5. The highest BCUT2D eigenvalue weighted by atomic mass is 35.5. The fourth-order valence-electron chi connectivity index (χ4n) is 1.92. The van der Waals surface area contributed by atoms with Crippen LogP contribution in [0.25, 0.3) is 0 Å². The van der Waals surface area contributed by atoms with Gasteiger partial charge in [-0.2, -0.15) is 0 Å². The lowest BCUT2D eigenvalue weighted by molar-refractivity contribution is 0.411. The molecule has 0 aliphatic carbocycles. The second-order valence-electron chi connectivity index (χ2n) is 4.58. The zero-order valence-electron chi connectivity index (χ0n) is 11.3. The van der Waals surface area contributed by atoms with Crippen LogP contribution < -0.4 is 4.74 Å². The molecule has 0 saturated heterocycles. The van der Waals surface area contributed by atoms with E-state index in [0.29, 0.717) is 22.3 Å². The fraction of sp³-hybridized carbons (Fsp3) is 0.0667. The SMILES string of the molecule is Oc1cc(Cl)ccc1Oc1ccc(Cn2ccnn2)cc1Cl. The van der Waals surface area contributed by atoms with E-state index in [2.05, 4.69) is 10.3 Å². The second kappa shape index (κ2) is 6.25. The Morgan fingerprint density at radius 3 is 2.59 bits per heavy atom. The molecule has 0 bridgehead atoms. The summed E-state index contributed by atoms with van der Waals surface area (Å²) < 4.78 is 7.30. The van der Waals surface area contributed by atoms with Crippen molar-refractivity contribution in [2.24, 2.45) is 0 Å². The first-order valence-corrected chi connectivity index (χ1v) is 7.16. The van der Waals surface area contributed by atoms with Gasteiger partial charge in [0.05, 0.1) is 17.8 Å². The summed E-state index contributed by atoms with van der Waals surface area (Å²) in [5.74, 6) is 0.687. The Morgan fingerprint density at radius 1 is 1.09 bits per heavy atom. The smallest absolute Gasteiger partial charge is 0.169 e. The van der Waals surface area contributed by atoms with Crippen molar-refractivity contribution in [3.05, 3.63) is 64.4 Å². The number of benzene rings is 2. The summed E-state index contributed by atoms with van der Waals surface area (Å²) in [5.41, 5.74) is 0.961. The molecule has 1 N–H and O–H groups in total. The number of hydrogen-bond acceptors (Lipinski definition) is 4. The summed E-state index contributed by atoms with van der Waals surface area (Å²) in [4.78, 5) is 0. The predicted molar refractivity (Wildman–Crippen MR) is 83.8 cm³/mol. The molecule has 2 aromatic carbocycles. The molecule has 3 rings (SSSR count). The van der Waals surface area contributed by atoms with Crippen LogP contribution in [-0.2, 0) is 6.54 Å². The van der Waals surface area contributed by atoms with Crippen molar-refractivity contribution in [2.45, 2.75) is 6.54 Å². The molecule has 0 radical (unpaired) electrons. The van der Waals surface area contributed by atoms with Crippen LogP contribution in [0, 0.1) is 0 Å². The van der Waals surface area contributed by atoms with Gasteiger partial charge >= 0.3 is 0 Å². The highest BCUT2D eigenvalue weighted by molar-refractivity contribution is 6.32. The molecule has 1 heterocycles. The molecule has 0 spiro atoms. The van der Waals surface area contributed by atoms with Crippen LogP contribution in [0.3, 0.4) is 0 Å². The molecule has 0 aliphatic rings. The van der Waals surface area contributed by atoms with Gasteiger partial charge in [-0.1, -0.05) is 34.5 Å². The number of rotatable bonds is 4. The zero-order valence-corrected chi connectivity index (χ0v) is 12.8. The van der Waals surface area contributed by atoms with Crippen LogP contribution in [0.4, 0.5) is 0 Å². The molecule has 1 aromatic heterocycles. The van der Waals surface area contributed by atoms with Crippen molar-refractivity contribution >= 4 is 23.2 Å². The molecule has 0 amide bonds. The van der Waals surface area contributed by atoms with E-state index in [1.54, 1.807) is 41.3 Å². The molecule has 5 nitrogen and oxygen atoms in total. The molecule has 112 valence electrons. The average molecular weight is 336 g/mol. The first-order chi connectivity index (χ1) is 10.6. The number of phenols is 1. The molecule has 0 unspecified atom stereocenters. The van der Waals surface area contributed by atoms with Crippen molar-refractivity contribution in [3.63, 3.8) is 0 Å². The molecule has 0 saturated carbocycles. The van der Waals surface area contributed by atoms with Crippen molar-refractivity contribution in [1.29, 1.82) is 0 Å². The van der Waals surface area contributed by atoms with Gasteiger partial charge in [-0.05, 0) is 29.8 Å². The van der Waals surface area contributed by atoms with E-state index in [4.69, 9.17) is 27.9 Å². The summed E-state index contributed by atoms with van der Waals surface area (Å²) in [6, 6.07) is 10.0. The second-order valence-corrected chi connectivity index (χ2v) is 5.42. The van der Waals surface area contributed by atoms with E-state index in [1.165, 1.54) is 6.07 Å². The van der Waals surface area contributed by atoms with E-state index in [-0.39, 0.29) is 11.5 Å². The van der Waals surface area contributed by atoms with Gasteiger partial charge in [0.25, 0.3) is 0 Å². The maximum Gasteiger partial charge on any atom is 0.169 e. The Morgan fingerprint density at radius 2 is 1.91 bits per heavy atom. The Labute approximate surface area is 136 Å². The first-order valence-electron chi connectivity index (χ1n) is 6.41. The van der Waals surface area contributed by atoms with Gasteiger partial charge in [0.15, 0.2) is 11.5 Å². The lowest BCUT2D eigenvalue weighted by atomic mass is 10.2. The van der Waals surface area contributed by atoms with Crippen LogP contribution >= 0.6 is 23.2 Å². The summed E-state index contributed by atoms with van der Waals surface area (Å²) in [7, 11) is 0. The average Bonchev–Trinajstić information content (AvgIpc) is 2.97. The molecule has 0 atom stereocenters. The fourth-order valence-corrected chi connectivity index (χ4v) is 2.33. The van der Waals surface area contributed by atoms with Gasteiger partial charge in [-0.25, -0.2) is 4.68 Å². The Bertz CT molecular complexity index is 791. The van der Waals surface area contributed by atoms with Gasteiger partial charge in [-0.3, -0.25) is 0 Å². The van der Waals surface area contributed by atoms with E-state index in [1.807, 2.05) is 6.07 Å². The van der Waals surface area contributed by atoms with Crippen LogP contribution in [0.5, 0.6) is 17.2 Å². The molecule has 3 aromatic rings. The van der Waals surface area contributed by atoms with Crippen molar-refractivity contribution in [2.75, 3.05) is 0 Å². The number of halogens is 2. The standard InChI is InChI=1S/C15H11Cl2N3O2/c16-11-2-4-15(13(21)8-11)22-14-3-1-10(7-12(14)17)9-20-6-5-18-19-20/h1-8,21H,9H2. The molecule has 7 heteroatoms. The van der Waals surface area contributed by atoms with Crippen LogP contribution in [0.1, 0.15) is 5.56 Å². The Balaban J connectivity index is 1.80. The first kappa shape index (κ1) is 14.7. The number of aromatic nitrogens is 3. The maximum atomic E-state index is 9.80. The number of aromatic hydroxyl groups is 1. The van der Waals surface area contributed by atoms with Gasteiger partial charge in [0.2, 0.25) is 0 Å². The molecule has 0 aliphatic heterocycles. The normalized spacial score (nSPS) is 10.6. The molecular weight excluding hydrogens is 325 g/mol. The lowest BCUT2D eigenvalue weighted by Crippen LogP contribution is -2.00. The van der Waals surface area contributed by atoms with Gasteiger partial charge in [0, 0.05) is 17.3 Å². The van der Waals surface area contributed by atoms with E-state index in [9.17, 15) is 5.11 Å². The van der Waals surface area contributed by atoms with Crippen LogP contribution in [0.2, 0.25) is 10.0 Å². The van der Waals surface area contributed by atoms with Crippen molar-refractivity contribution in [1.82, 2.24) is 15.0 Å². The van der Waals surface area contributed by atoms with E-state index < -0.39 is 0 Å². The summed E-state index contributed by atoms with van der Waals surface area (Å²) in [6.07, 6.45) is 3.38. The van der Waals surface area contributed by atoms with Gasteiger partial charge in [-0.15, -0.1) is 5.10 Å². The van der Waals surface area contributed by atoms with Crippen molar-refractivity contribution in [3.8, 4) is 17.2 Å². The predicted octanol–water partition coefficient (Wildman–Crippen LogP) is 4.13. The largest absolute Gasteiger partial charge is 0.504 e. The monoisotopic (exact) mass is 335 g/mol.